The second-order valence-electron chi connectivity index (χ2n) is 4.45. The third-order valence-electron chi connectivity index (χ3n) is 2.97. The molecule has 0 amide bonds. The lowest BCUT2D eigenvalue weighted by Gasteiger charge is -2.07. The second-order valence-corrected chi connectivity index (χ2v) is 4.84. The van der Waals surface area contributed by atoms with Crippen molar-refractivity contribution in [2.24, 2.45) is 7.05 Å². The standard InChI is InChI=1S/C14H13ClN4/c1-9-16-13(15)8-14(17-9)18-11-4-3-10-5-6-19(2)12(10)7-11/h3-8H,1-2H3,(H,16,17,18). The van der Waals surface area contributed by atoms with Crippen molar-refractivity contribution in [3.05, 3.63) is 47.5 Å². The summed E-state index contributed by atoms with van der Waals surface area (Å²) in [5, 5.41) is 4.90. The van der Waals surface area contributed by atoms with Gasteiger partial charge in [-0.05, 0) is 30.5 Å². The van der Waals surface area contributed by atoms with Crippen LogP contribution >= 0.6 is 11.6 Å². The Bertz CT molecular complexity index is 728. The zero-order chi connectivity index (χ0) is 13.4. The van der Waals surface area contributed by atoms with E-state index < -0.39 is 0 Å². The molecule has 0 unspecified atom stereocenters. The van der Waals surface area contributed by atoms with Crippen molar-refractivity contribution < 1.29 is 0 Å². The highest BCUT2D eigenvalue weighted by Gasteiger charge is 2.03. The van der Waals surface area contributed by atoms with Crippen LogP contribution < -0.4 is 5.32 Å². The van der Waals surface area contributed by atoms with Gasteiger partial charge in [-0.1, -0.05) is 17.7 Å². The van der Waals surface area contributed by atoms with E-state index >= 15 is 0 Å². The van der Waals surface area contributed by atoms with Gasteiger partial charge in [0.25, 0.3) is 0 Å². The molecule has 0 fully saturated rings. The maximum absolute atomic E-state index is 5.92. The average Bonchev–Trinajstić information content (AvgIpc) is 2.70. The van der Waals surface area contributed by atoms with Crippen LogP contribution in [0.4, 0.5) is 11.5 Å². The Morgan fingerprint density at radius 2 is 2.00 bits per heavy atom. The lowest BCUT2D eigenvalue weighted by atomic mass is 10.2. The van der Waals surface area contributed by atoms with Crippen LogP contribution in [-0.4, -0.2) is 14.5 Å². The molecule has 4 nitrogen and oxygen atoms in total. The van der Waals surface area contributed by atoms with E-state index in [2.05, 4.69) is 38.1 Å². The van der Waals surface area contributed by atoms with Crippen LogP contribution in [-0.2, 0) is 7.05 Å². The summed E-state index contributed by atoms with van der Waals surface area (Å²) < 4.78 is 2.08. The summed E-state index contributed by atoms with van der Waals surface area (Å²) in [6, 6.07) is 9.98. The SMILES string of the molecule is Cc1nc(Cl)cc(Nc2ccc3ccn(C)c3c2)n1. The van der Waals surface area contributed by atoms with E-state index in [-0.39, 0.29) is 0 Å². The number of anilines is 2. The van der Waals surface area contributed by atoms with Crippen LogP contribution in [0.5, 0.6) is 0 Å². The zero-order valence-electron chi connectivity index (χ0n) is 10.7. The van der Waals surface area contributed by atoms with Gasteiger partial charge >= 0.3 is 0 Å². The summed E-state index contributed by atoms with van der Waals surface area (Å²) in [4.78, 5) is 8.35. The molecular weight excluding hydrogens is 260 g/mol. The van der Waals surface area contributed by atoms with Crippen molar-refractivity contribution in [2.45, 2.75) is 6.92 Å². The lowest BCUT2D eigenvalue weighted by Crippen LogP contribution is -1.97. The number of nitrogens with zero attached hydrogens (tertiary/aromatic N) is 3. The molecule has 2 aromatic heterocycles. The third-order valence-corrected chi connectivity index (χ3v) is 3.16. The van der Waals surface area contributed by atoms with Crippen molar-refractivity contribution in [2.75, 3.05) is 5.32 Å². The number of aryl methyl sites for hydroxylation is 2. The highest BCUT2D eigenvalue weighted by molar-refractivity contribution is 6.29. The third kappa shape index (κ3) is 2.39. The Labute approximate surface area is 116 Å². The molecule has 0 bridgehead atoms. The monoisotopic (exact) mass is 272 g/mol. The molecule has 96 valence electrons. The zero-order valence-corrected chi connectivity index (χ0v) is 11.4. The van der Waals surface area contributed by atoms with Crippen LogP contribution in [0.2, 0.25) is 5.15 Å². The molecule has 0 radical (unpaired) electrons. The van der Waals surface area contributed by atoms with Crippen LogP contribution in [0.25, 0.3) is 10.9 Å². The van der Waals surface area contributed by atoms with Gasteiger partial charge in [0, 0.05) is 30.5 Å². The van der Waals surface area contributed by atoms with Gasteiger partial charge in [0.15, 0.2) is 0 Å². The van der Waals surface area contributed by atoms with Crippen molar-refractivity contribution in [3.8, 4) is 0 Å². The van der Waals surface area contributed by atoms with E-state index in [1.807, 2.05) is 26.2 Å². The molecule has 0 aliphatic heterocycles. The highest BCUT2D eigenvalue weighted by atomic mass is 35.5. The minimum Gasteiger partial charge on any atom is -0.350 e. The number of rotatable bonds is 2. The van der Waals surface area contributed by atoms with E-state index in [9.17, 15) is 0 Å². The van der Waals surface area contributed by atoms with Crippen molar-refractivity contribution in [1.29, 1.82) is 0 Å². The molecule has 0 saturated carbocycles. The molecular formula is C14H13ClN4. The number of halogens is 1. The molecule has 0 aliphatic rings. The number of benzene rings is 1. The predicted molar refractivity (Wildman–Crippen MR) is 78.0 cm³/mol. The number of hydrogen-bond donors (Lipinski definition) is 1. The van der Waals surface area contributed by atoms with Crippen LogP contribution in [0.3, 0.4) is 0 Å². The fourth-order valence-corrected chi connectivity index (χ4v) is 2.31. The van der Waals surface area contributed by atoms with Gasteiger partial charge in [-0.25, -0.2) is 9.97 Å². The normalized spacial score (nSPS) is 10.9. The largest absolute Gasteiger partial charge is 0.350 e. The molecule has 2 heterocycles. The van der Waals surface area contributed by atoms with E-state index in [1.165, 1.54) is 10.9 Å². The number of aromatic nitrogens is 3. The van der Waals surface area contributed by atoms with Gasteiger partial charge in [0.2, 0.25) is 0 Å². The predicted octanol–water partition coefficient (Wildman–Crippen LogP) is 3.67. The Morgan fingerprint density at radius 3 is 2.79 bits per heavy atom. The molecule has 0 spiro atoms. The Hall–Kier alpha value is -2.07. The maximum Gasteiger partial charge on any atom is 0.135 e. The summed E-state index contributed by atoms with van der Waals surface area (Å²) in [5.41, 5.74) is 2.14. The van der Waals surface area contributed by atoms with Gasteiger partial charge in [-0.15, -0.1) is 0 Å². The van der Waals surface area contributed by atoms with Gasteiger partial charge in [-0.2, -0.15) is 0 Å². The summed E-state index contributed by atoms with van der Waals surface area (Å²) in [5.74, 6) is 1.35. The maximum atomic E-state index is 5.92. The molecule has 1 aromatic carbocycles. The lowest BCUT2D eigenvalue weighted by molar-refractivity contribution is 0.969. The molecule has 3 rings (SSSR count). The number of fused-ring (bicyclic) bond motifs is 1. The highest BCUT2D eigenvalue weighted by Crippen LogP contribution is 2.22. The minimum atomic E-state index is 0.440. The van der Waals surface area contributed by atoms with Crippen LogP contribution in [0, 0.1) is 6.92 Å². The molecule has 1 N–H and O–H groups in total. The molecule has 5 heteroatoms. The quantitative estimate of drug-likeness (QED) is 0.724. The topological polar surface area (TPSA) is 42.7 Å². The fraction of sp³-hybridized carbons (Fsp3) is 0.143. The Kier molecular flexibility index (Phi) is 2.87. The number of hydrogen-bond acceptors (Lipinski definition) is 3. The summed E-state index contributed by atoms with van der Waals surface area (Å²) in [6.07, 6.45) is 2.04. The summed E-state index contributed by atoms with van der Waals surface area (Å²) in [6.45, 7) is 1.82. The molecule has 0 saturated heterocycles. The first-order valence-corrected chi connectivity index (χ1v) is 6.33. The molecule has 19 heavy (non-hydrogen) atoms. The van der Waals surface area contributed by atoms with Gasteiger partial charge < -0.3 is 9.88 Å². The van der Waals surface area contributed by atoms with Crippen LogP contribution in [0.1, 0.15) is 5.82 Å². The van der Waals surface area contributed by atoms with E-state index in [0.717, 1.165) is 5.69 Å². The smallest absolute Gasteiger partial charge is 0.135 e. The van der Waals surface area contributed by atoms with Crippen molar-refractivity contribution in [1.82, 2.24) is 14.5 Å². The average molecular weight is 273 g/mol. The summed E-state index contributed by atoms with van der Waals surface area (Å²) >= 11 is 5.92. The molecule has 3 aromatic rings. The van der Waals surface area contributed by atoms with Gasteiger partial charge in [0.1, 0.15) is 16.8 Å². The second kappa shape index (κ2) is 4.55. The number of nitrogens with one attached hydrogen (secondary N) is 1. The van der Waals surface area contributed by atoms with E-state index in [4.69, 9.17) is 11.6 Å². The van der Waals surface area contributed by atoms with E-state index in [0.29, 0.717) is 16.8 Å². The van der Waals surface area contributed by atoms with Crippen molar-refractivity contribution >= 4 is 34.0 Å². The van der Waals surface area contributed by atoms with Gasteiger partial charge in [-0.3, -0.25) is 0 Å². The first-order valence-electron chi connectivity index (χ1n) is 5.95. The Balaban J connectivity index is 1.98. The van der Waals surface area contributed by atoms with Crippen molar-refractivity contribution in [3.63, 3.8) is 0 Å². The fourth-order valence-electron chi connectivity index (χ4n) is 2.08. The summed E-state index contributed by atoms with van der Waals surface area (Å²) in [7, 11) is 2.03. The van der Waals surface area contributed by atoms with Crippen LogP contribution in [0.15, 0.2) is 36.5 Å². The minimum absolute atomic E-state index is 0.440. The molecule has 0 aliphatic carbocycles. The van der Waals surface area contributed by atoms with Gasteiger partial charge in [0.05, 0.1) is 0 Å². The Morgan fingerprint density at radius 1 is 1.16 bits per heavy atom. The first kappa shape index (κ1) is 12.0. The molecule has 0 atom stereocenters. The van der Waals surface area contributed by atoms with E-state index in [1.54, 1.807) is 6.07 Å². The first-order chi connectivity index (χ1) is 9.11.